The number of aromatic nitrogens is 3. The first-order chi connectivity index (χ1) is 13.1. The Morgan fingerprint density at radius 2 is 2.11 bits per heavy atom. The Morgan fingerprint density at radius 3 is 2.93 bits per heavy atom. The number of thioether (sulfide) groups is 1. The standard InChI is InChI=1S/C19H16N4O3S/c1-11-8-14(23-26-11)10-27-19-15(4-3-7-20-19)18(24)22-13-5-6-16-17(9-13)25-12(2)21-16/h3-9H,10H2,1-2H3,(H,22,24). The molecule has 0 spiro atoms. The molecule has 27 heavy (non-hydrogen) atoms. The Balaban J connectivity index is 1.52. The van der Waals surface area contributed by atoms with E-state index in [1.807, 2.05) is 19.1 Å². The minimum absolute atomic E-state index is 0.238. The molecular formula is C19H16N4O3S. The van der Waals surface area contributed by atoms with Crippen molar-refractivity contribution in [2.45, 2.75) is 24.6 Å². The van der Waals surface area contributed by atoms with Gasteiger partial charge < -0.3 is 14.3 Å². The van der Waals surface area contributed by atoms with Crippen molar-refractivity contribution in [3.8, 4) is 0 Å². The lowest BCUT2D eigenvalue weighted by Gasteiger charge is -2.08. The molecule has 0 aliphatic rings. The Kier molecular flexibility index (Phi) is 4.64. The predicted molar refractivity (Wildman–Crippen MR) is 102 cm³/mol. The van der Waals surface area contributed by atoms with E-state index in [2.05, 4.69) is 20.4 Å². The summed E-state index contributed by atoms with van der Waals surface area (Å²) in [5.74, 6) is 1.67. The van der Waals surface area contributed by atoms with Crippen LogP contribution in [0.2, 0.25) is 0 Å². The van der Waals surface area contributed by atoms with Crippen LogP contribution >= 0.6 is 11.8 Å². The van der Waals surface area contributed by atoms with Gasteiger partial charge in [0.2, 0.25) is 0 Å². The quantitative estimate of drug-likeness (QED) is 0.514. The van der Waals surface area contributed by atoms with Crippen LogP contribution in [-0.4, -0.2) is 21.0 Å². The summed E-state index contributed by atoms with van der Waals surface area (Å²) in [4.78, 5) is 21.3. The zero-order valence-electron chi connectivity index (χ0n) is 14.7. The summed E-state index contributed by atoms with van der Waals surface area (Å²) in [7, 11) is 0. The van der Waals surface area contributed by atoms with Crippen molar-refractivity contribution in [1.29, 1.82) is 0 Å². The highest BCUT2D eigenvalue weighted by molar-refractivity contribution is 7.98. The summed E-state index contributed by atoms with van der Waals surface area (Å²) in [6, 6.07) is 10.7. The van der Waals surface area contributed by atoms with Crippen molar-refractivity contribution in [2.24, 2.45) is 0 Å². The molecule has 0 radical (unpaired) electrons. The maximum atomic E-state index is 12.7. The predicted octanol–water partition coefficient (Wildman–Crippen LogP) is 4.37. The number of hydrogen-bond acceptors (Lipinski definition) is 7. The fourth-order valence-electron chi connectivity index (χ4n) is 2.62. The second-order valence-electron chi connectivity index (χ2n) is 5.94. The lowest BCUT2D eigenvalue weighted by molar-refractivity contribution is 0.102. The van der Waals surface area contributed by atoms with Gasteiger partial charge in [0.05, 0.1) is 11.3 Å². The number of oxazole rings is 1. The van der Waals surface area contributed by atoms with Crippen molar-refractivity contribution in [1.82, 2.24) is 15.1 Å². The molecule has 1 N–H and O–H groups in total. The van der Waals surface area contributed by atoms with Crippen LogP contribution < -0.4 is 5.32 Å². The number of benzene rings is 1. The summed E-state index contributed by atoms with van der Waals surface area (Å²) in [6.07, 6.45) is 1.66. The molecule has 4 rings (SSSR count). The molecule has 3 heterocycles. The molecule has 0 aliphatic carbocycles. The number of anilines is 1. The number of carbonyl (C=O) groups excluding carboxylic acids is 1. The molecule has 0 saturated heterocycles. The van der Waals surface area contributed by atoms with Crippen molar-refractivity contribution >= 4 is 34.5 Å². The maximum absolute atomic E-state index is 12.7. The van der Waals surface area contributed by atoms with Crippen LogP contribution in [0.1, 0.15) is 27.7 Å². The zero-order valence-corrected chi connectivity index (χ0v) is 15.5. The van der Waals surface area contributed by atoms with Crippen LogP contribution in [0.4, 0.5) is 5.69 Å². The number of carbonyl (C=O) groups is 1. The van der Waals surface area contributed by atoms with Gasteiger partial charge in [0.15, 0.2) is 11.5 Å². The normalized spacial score (nSPS) is 11.0. The molecule has 8 heteroatoms. The third-order valence-corrected chi connectivity index (χ3v) is 4.84. The van der Waals surface area contributed by atoms with Crippen molar-refractivity contribution in [3.05, 3.63) is 65.5 Å². The molecular weight excluding hydrogens is 364 g/mol. The molecule has 3 aromatic heterocycles. The Bertz CT molecular complexity index is 1120. The first-order valence-electron chi connectivity index (χ1n) is 8.27. The van der Waals surface area contributed by atoms with Crippen molar-refractivity contribution in [2.75, 3.05) is 5.32 Å². The topological polar surface area (TPSA) is 94.1 Å². The van der Waals surface area contributed by atoms with Crippen LogP contribution in [0.3, 0.4) is 0 Å². The first-order valence-corrected chi connectivity index (χ1v) is 9.25. The molecule has 0 saturated carbocycles. The van der Waals surface area contributed by atoms with Gasteiger partial charge in [0.1, 0.15) is 16.3 Å². The number of aryl methyl sites for hydroxylation is 2. The third-order valence-electron chi connectivity index (χ3n) is 3.80. The summed E-state index contributed by atoms with van der Waals surface area (Å²) in [5, 5.41) is 7.48. The van der Waals surface area contributed by atoms with Crippen molar-refractivity contribution in [3.63, 3.8) is 0 Å². The van der Waals surface area contributed by atoms with Gasteiger partial charge >= 0.3 is 0 Å². The number of fused-ring (bicyclic) bond motifs is 1. The second kappa shape index (κ2) is 7.24. The van der Waals surface area contributed by atoms with Crippen molar-refractivity contribution < 1.29 is 13.7 Å². The van der Waals surface area contributed by atoms with E-state index in [9.17, 15) is 4.79 Å². The molecule has 7 nitrogen and oxygen atoms in total. The van der Waals surface area contributed by atoms with E-state index >= 15 is 0 Å². The number of nitrogens with one attached hydrogen (secondary N) is 1. The molecule has 0 fully saturated rings. The van der Waals surface area contributed by atoms with E-state index in [1.54, 1.807) is 37.4 Å². The van der Waals surface area contributed by atoms with Gasteiger partial charge in [-0.2, -0.15) is 0 Å². The van der Waals surface area contributed by atoms with Gasteiger partial charge in [-0.05, 0) is 31.2 Å². The lowest BCUT2D eigenvalue weighted by atomic mass is 10.2. The van der Waals surface area contributed by atoms with Gasteiger partial charge in [-0.1, -0.05) is 16.9 Å². The second-order valence-corrected chi connectivity index (χ2v) is 6.91. The van der Waals surface area contributed by atoms with E-state index in [0.29, 0.717) is 33.5 Å². The number of nitrogens with zero attached hydrogens (tertiary/aromatic N) is 3. The minimum atomic E-state index is -0.238. The SMILES string of the molecule is Cc1cc(CSc2ncccc2C(=O)Nc2ccc3nc(C)oc3c2)no1. The van der Waals surface area contributed by atoms with Crippen LogP contribution in [0.5, 0.6) is 0 Å². The van der Waals surface area contributed by atoms with E-state index in [-0.39, 0.29) is 5.91 Å². The summed E-state index contributed by atoms with van der Waals surface area (Å²) in [6.45, 7) is 3.63. The Morgan fingerprint density at radius 1 is 1.22 bits per heavy atom. The average molecular weight is 380 g/mol. The monoisotopic (exact) mass is 380 g/mol. The molecule has 1 amide bonds. The van der Waals surface area contributed by atoms with Crippen LogP contribution in [-0.2, 0) is 5.75 Å². The van der Waals surface area contributed by atoms with Gasteiger partial charge in [-0.3, -0.25) is 4.79 Å². The van der Waals surface area contributed by atoms with Gasteiger partial charge in [0.25, 0.3) is 5.91 Å². The lowest BCUT2D eigenvalue weighted by Crippen LogP contribution is -2.13. The van der Waals surface area contributed by atoms with Crippen LogP contribution in [0, 0.1) is 13.8 Å². The van der Waals surface area contributed by atoms with Gasteiger partial charge in [-0.15, -0.1) is 0 Å². The van der Waals surface area contributed by atoms with Gasteiger partial charge in [0, 0.05) is 36.7 Å². The summed E-state index contributed by atoms with van der Waals surface area (Å²) in [5.41, 5.74) is 3.33. The molecule has 0 atom stereocenters. The molecule has 1 aromatic carbocycles. The fraction of sp³-hybridized carbons (Fsp3) is 0.158. The molecule has 0 aliphatic heterocycles. The average Bonchev–Trinajstić information content (AvgIpc) is 3.24. The Hall–Kier alpha value is -3.13. The highest BCUT2D eigenvalue weighted by Gasteiger charge is 2.15. The number of hydrogen-bond donors (Lipinski definition) is 1. The van der Waals surface area contributed by atoms with Crippen LogP contribution in [0.25, 0.3) is 11.1 Å². The first kappa shape index (κ1) is 17.3. The molecule has 0 bridgehead atoms. The van der Waals surface area contributed by atoms with E-state index in [1.165, 1.54) is 11.8 Å². The molecule has 4 aromatic rings. The van der Waals surface area contributed by atoms with Gasteiger partial charge in [-0.25, -0.2) is 9.97 Å². The van der Waals surface area contributed by atoms with Crippen LogP contribution in [0.15, 0.2) is 56.6 Å². The minimum Gasteiger partial charge on any atom is -0.441 e. The zero-order chi connectivity index (χ0) is 18.8. The maximum Gasteiger partial charge on any atom is 0.258 e. The van der Waals surface area contributed by atoms with E-state index in [0.717, 1.165) is 17.0 Å². The largest absolute Gasteiger partial charge is 0.441 e. The smallest absolute Gasteiger partial charge is 0.258 e. The highest BCUT2D eigenvalue weighted by Crippen LogP contribution is 2.26. The Labute approximate surface area is 159 Å². The molecule has 0 unspecified atom stereocenters. The number of amides is 1. The highest BCUT2D eigenvalue weighted by atomic mass is 32.2. The number of pyridine rings is 1. The summed E-state index contributed by atoms with van der Waals surface area (Å²) < 4.78 is 10.6. The van der Waals surface area contributed by atoms with E-state index in [4.69, 9.17) is 8.94 Å². The fourth-order valence-corrected chi connectivity index (χ4v) is 3.50. The number of rotatable bonds is 5. The third kappa shape index (κ3) is 3.85. The summed E-state index contributed by atoms with van der Waals surface area (Å²) >= 11 is 1.44. The van der Waals surface area contributed by atoms with E-state index < -0.39 is 0 Å². The molecule has 136 valence electrons.